The second-order valence-electron chi connectivity index (χ2n) is 7.27. The highest BCUT2D eigenvalue weighted by Crippen LogP contribution is 2.23. The van der Waals surface area contributed by atoms with Crippen LogP contribution in [-0.2, 0) is 22.5 Å². The van der Waals surface area contributed by atoms with Crippen LogP contribution in [0.2, 0.25) is 5.02 Å². The summed E-state index contributed by atoms with van der Waals surface area (Å²) in [6.45, 7) is 2.27. The summed E-state index contributed by atoms with van der Waals surface area (Å²) in [5.74, 6) is -0.0901. The molecule has 0 saturated carbocycles. The van der Waals surface area contributed by atoms with Crippen LogP contribution in [0.5, 0.6) is 0 Å². The van der Waals surface area contributed by atoms with E-state index in [1.165, 1.54) is 7.11 Å². The SMILES string of the molecule is COC(=O)c1ccc(CNCC[C@@H]2CCC(=O)N2CCc2ccccc2Cl)cc1. The van der Waals surface area contributed by atoms with Gasteiger partial charge in [0, 0.05) is 30.6 Å². The van der Waals surface area contributed by atoms with Crippen molar-refractivity contribution in [3.8, 4) is 0 Å². The Hall–Kier alpha value is -2.37. The fourth-order valence-electron chi connectivity index (χ4n) is 3.72. The van der Waals surface area contributed by atoms with Crippen LogP contribution >= 0.6 is 11.6 Å². The smallest absolute Gasteiger partial charge is 0.337 e. The Labute approximate surface area is 177 Å². The molecule has 2 aromatic carbocycles. The van der Waals surface area contributed by atoms with Gasteiger partial charge in [-0.05, 0) is 55.1 Å². The van der Waals surface area contributed by atoms with Gasteiger partial charge in [0.15, 0.2) is 0 Å². The number of rotatable bonds is 9. The van der Waals surface area contributed by atoms with Gasteiger partial charge in [0.1, 0.15) is 0 Å². The molecule has 1 N–H and O–H groups in total. The van der Waals surface area contributed by atoms with E-state index in [1.807, 2.05) is 41.3 Å². The minimum absolute atomic E-state index is 0.237. The van der Waals surface area contributed by atoms with Gasteiger partial charge in [-0.2, -0.15) is 0 Å². The van der Waals surface area contributed by atoms with Crippen LogP contribution in [0, 0.1) is 0 Å². The first-order chi connectivity index (χ1) is 14.1. The lowest BCUT2D eigenvalue weighted by Crippen LogP contribution is -2.36. The molecular weight excluding hydrogens is 388 g/mol. The van der Waals surface area contributed by atoms with Gasteiger partial charge in [-0.15, -0.1) is 0 Å². The fourth-order valence-corrected chi connectivity index (χ4v) is 3.95. The molecule has 2 aromatic rings. The lowest BCUT2D eigenvalue weighted by atomic mass is 10.1. The Balaban J connectivity index is 1.44. The van der Waals surface area contributed by atoms with Crippen molar-refractivity contribution in [3.05, 3.63) is 70.2 Å². The van der Waals surface area contributed by atoms with Crippen molar-refractivity contribution in [1.29, 1.82) is 0 Å². The molecule has 5 nitrogen and oxygen atoms in total. The third kappa shape index (κ3) is 5.81. The number of hydrogen-bond acceptors (Lipinski definition) is 4. The second kappa shape index (κ2) is 10.4. The van der Waals surface area contributed by atoms with Crippen LogP contribution in [-0.4, -0.2) is 43.0 Å². The van der Waals surface area contributed by atoms with Crippen LogP contribution < -0.4 is 5.32 Å². The van der Waals surface area contributed by atoms with E-state index >= 15 is 0 Å². The molecule has 0 bridgehead atoms. The number of benzene rings is 2. The van der Waals surface area contributed by atoms with Crippen molar-refractivity contribution < 1.29 is 14.3 Å². The highest BCUT2D eigenvalue weighted by atomic mass is 35.5. The number of halogens is 1. The number of esters is 1. The van der Waals surface area contributed by atoms with Gasteiger partial charge >= 0.3 is 5.97 Å². The molecule has 3 rings (SSSR count). The number of nitrogens with zero attached hydrogens (tertiary/aromatic N) is 1. The van der Waals surface area contributed by atoms with Gasteiger partial charge in [-0.3, -0.25) is 4.79 Å². The van der Waals surface area contributed by atoms with Crippen molar-refractivity contribution >= 4 is 23.5 Å². The number of ether oxygens (including phenoxy) is 1. The molecule has 1 fully saturated rings. The molecule has 0 unspecified atom stereocenters. The molecule has 0 radical (unpaired) electrons. The van der Waals surface area contributed by atoms with Gasteiger partial charge in [0.05, 0.1) is 12.7 Å². The van der Waals surface area contributed by atoms with Gasteiger partial charge in [-0.25, -0.2) is 4.79 Å². The Kier molecular flexibility index (Phi) is 7.67. The first-order valence-corrected chi connectivity index (χ1v) is 10.4. The molecule has 1 aliphatic rings. The van der Waals surface area contributed by atoms with E-state index in [0.29, 0.717) is 18.5 Å². The van der Waals surface area contributed by atoms with Gasteiger partial charge < -0.3 is 15.0 Å². The second-order valence-corrected chi connectivity index (χ2v) is 7.68. The quantitative estimate of drug-likeness (QED) is 0.500. The Morgan fingerprint density at radius 1 is 1.21 bits per heavy atom. The first kappa shape index (κ1) is 21.3. The average molecular weight is 415 g/mol. The molecule has 0 aromatic heterocycles. The molecule has 6 heteroatoms. The van der Waals surface area contributed by atoms with Crippen LogP contribution in [0.15, 0.2) is 48.5 Å². The van der Waals surface area contributed by atoms with Crippen molar-refractivity contribution in [2.24, 2.45) is 0 Å². The van der Waals surface area contributed by atoms with Crippen molar-refractivity contribution in [2.45, 2.75) is 38.3 Å². The topological polar surface area (TPSA) is 58.6 Å². The van der Waals surface area contributed by atoms with E-state index in [9.17, 15) is 9.59 Å². The van der Waals surface area contributed by atoms with Crippen LogP contribution in [0.3, 0.4) is 0 Å². The van der Waals surface area contributed by atoms with Crippen LogP contribution in [0.25, 0.3) is 0 Å². The lowest BCUT2D eigenvalue weighted by Gasteiger charge is -2.25. The number of nitrogens with one attached hydrogen (secondary N) is 1. The Morgan fingerprint density at radius 2 is 1.97 bits per heavy atom. The summed E-state index contributed by atoms with van der Waals surface area (Å²) < 4.78 is 4.71. The molecular formula is C23H27ClN2O3. The molecule has 154 valence electrons. The maximum atomic E-state index is 12.3. The van der Waals surface area contributed by atoms with Gasteiger partial charge in [-0.1, -0.05) is 41.9 Å². The zero-order chi connectivity index (χ0) is 20.6. The largest absolute Gasteiger partial charge is 0.465 e. The first-order valence-electron chi connectivity index (χ1n) is 9.99. The molecule has 1 atom stereocenters. The van der Waals surface area contributed by atoms with E-state index in [2.05, 4.69) is 5.32 Å². The van der Waals surface area contributed by atoms with Crippen molar-refractivity contribution in [1.82, 2.24) is 10.2 Å². The molecule has 1 aliphatic heterocycles. The molecule has 1 amide bonds. The number of amides is 1. The third-order valence-electron chi connectivity index (χ3n) is 5.39. The molecule has 1 saturated heterocycles. The highest BCUT2D eigenvalue weighted by molar-refractivity contribution is 6.31. The average Bonchev–Trinajstić information content (AvgIpc) is 3.10. The summed E-state index contributed by atoms with van der Waals surface area (Å²) in [7, 11) is 1.38. The molecule has 0 spiro atoms. The zero-order valence-corrected chi connectivity index (χ0v) is 17.5. The predicted molar refractivity (Wildman–Crippen MR) is 114 cm³/mol. The normalized spacial score (nSPS) is 16.3. The minimum Gasteiger partial charge on any atom is -0.465 e. The van der Waals surface area contributed by atoms with Gasteiger partial charge in [0.2, 0.25) is 5.91 Å². The molecule has 29 heavy (non-hydrogen) atoms. The van der Waals surface area contributed by atoms with Crippen molar-refractivity contribution in [2.75, 3.05) is 20.2 Å². The van der Waals surface area contributed by atoms with Crippen LogP contribution in [0.4, 0.5) is 0 Å². The van der Waals surface area contributed by atoms with E-state index in [4.69, 9.17) is 16.3 Å². The van der Waals surface area contributed by atoms with E-state index in [1.54, 1.807) is 12.1 Å². The monoisotopic (exact) mass is 414 g/mol. The number of carbonyl (C=O) groups is 2. The van der Waals surface area contributed by atoms with E-state index in [-0.39, 0.29) is 17.9 Å². The Bertz CT molecular complexity index is 838. The van der Waals surface area contributed by atoms with Gasteiger partial charge in [0.25, 0.3) is 0 Å². The predicted octanol–water partition coefficient (Wildman–Crippen LogP) is 3.84. The summed E-state index contributed by atoms with van der Waals surface area (Å²) in [5.41, 5.74) is 2.74. The third-order valence-corrected chi connectivity index (χ3v) is 5.76. The van der Waals surface area contributed by atoms with Crippen molar-refractivity contribution in [3.63, 3.8) is 0 Å². The number of methoxy groups -OCH3 is 1. The molecule has 1 heterocycles. The summed E-state index contributed by atoms with van der Waals surface area (Å²) in [6.07, 6.45) is 3.25. The number of hydrogen-bond donors (Lipinski definition) is 1. The minimum atomic E-state index is -0.327. The van der Waals surface area contributed by atoms with E-state index < -0.39 is 0 Å². The standard InChI is InChI=1S/C23H27ClN2O3/c1-29-23(28)19-8-6-17(7-9-19)16-25-14-12-20-10-11-22(27)26(20)15-13-18-4-2-3-5-21(18)24/h2-9,20,25H,10-16H2,1H3/t20-/m0/s1. The molecule has 0 aliphatic carbocycles. The zero-order valence-electron chi connectivity index (χ0n) is 16.7. The fraction of sp³-hybridized carbons (Fsp3) is 0.391. The summed E-state index contributed by atoms with van der Waals surface area (Å²) in [5, 5.41) is 4.19. The Morgan fingerprint density at radius 3 is 2.69 bits per heavy atom. The summed E-state index contributed by atoms with van der Waals surface area (Å²) >= 11 is 6.24. The maximum Gasteiger partial charge on any atom is 0.337 e. The van der Waals surface area contributed by atoms with Crippen LogP contribution in [0.1, 0.15) is 40.7 Å². The summed E-state index contributed by atoms with van der Waals surface area (Å²) in [4.78, 5) is 25.8. The lowest BCUT2D eigenvalue weighted by molar-refractivity contribution is -0.129. The summed E-state index contributed by atoms with van der Waals surface area (Å²) in [6, 6.07) is 15.5. The van der Waals surface area contributed by atoms with E-state index in [0.717, 1.165) is 48.5 Å². The maximum absolute atomic E-state index is 12.3. The number of carbonyl (C=O) groups excluding carboxylic acids is 2. The number of likely N-dealkylation sites (tertiary alicyclic amines) is 1. The highest BCUT2D eigenvalue weighted by Gasteiger charge is 2.30.